The van der Waals surface area contributed by atoms with E-state index in [1.54, 1.807) is 19.9 Å². The molecule has 0 fully saturated rings. The van der Waals surface area contributed by atoms with Gasteiger partial charge in [-0.1, -0.05) is 6.92 Å². The summed E-state index contributed by atoms with van der Waals surface area (Å²) in [5, 5.41) is 3.12. The Hall–Kier alpha value is -0.730. The molecule has 1 heterocycles. The lowest BCUT2D eigenvalue weighted by atomic mass is 10.1. The van der Waals surface area contributed by atoms with Crippen molar-refractivity contribution in [1.29, 1.82) is 0 Å². The Morgan fingerprint density at radius 1 is 1.37 bits per heavy atom. The Balaban J connectivity index is 2.73. The number of aromatic nitrogens is 2. The lowest BCUT2D eigenvalue weighted by Gasteiger charge is -2.25. The predicted octanol–water partition coefficient (Wildman–Crippen LogP) is 1.54. The Kier molecular flexibility index (Phi) is 5.28. The van der Waals surface area contributed by atoms with Gasteiger partial charge in [-0.25, -0.2) is 23.1 Å². The SMILES string of the molecule is CCc1nc(Br)cc(NCC(C)(C)NS(C)(=O)=O)n1. The zero-order chi connectivity index (χ0) is 14.7. The van der Waals surface area contributed by atoms with Gasteiger partial charge in [0, 0.05) is 24.6 Å². The van der Waals surface area contributed by atoms with E-state index in [4.69, 9.17) is 0 Å². The fourth-order valence-electron chi connectivity index (χ4n) is 1.56. The van der Waals surface area contributed by atoms with E-state index in [1.807, 2.05) is 6.92 Å². The van der Waals surface area contributed by atoms with Crippen LogP contribution in [0.1, 0.15) is 26.6 Å². The first-order chi connectivity index (χ1) is 8.61. The normalized spacial score (nSPS) is 12.5. The van der Waals surface area contributed by atoms with Crippen molar-refractivity contribution in [2.24, 2.45) is 0 Å². The van der Waals surface area contributed by atoms with Gasteiger partial charge in [-0.3, -0.25) is 0 Å². The molecular formula is C11H19BrN4O2S. The molecule has 0 amide bonds. The van der Waals surface area contributed by atoms with E-state index in [0.717, 1.165) is 18.5 Å². The highest BCUT2D eigenvalue weighted by Gasteiger charge is 2.22. The number of nitrogens with zero attached hydrogens (tertiary/aromatic N) is 2. The monoisotopic (exact) mass is 350 g/mol. The third kappa shape index (κ3) is 6.31. The molecule has 0 aliphatic heterocycles. The molecule has 0 aliphatic carbocycles. The molecule has 0 aromatic carbocycles. The van der Waals surface area contributed by atoms with E-state index in [-0.39, 0.29) is 0 Å². The average molecular weight is 351 g/mol. The highest BCUT2D eigenvalue weighted by molar-refractivity contribution is 9.10. The van der Waals surface area contributed by atoms with E-state index < -0.39 is 15.6 Å². The van der Waals surface area contributed by atoms with Crippen LogP contribution in [0.25, 0.3) is 0 Å². The number of nitrogens with one attached hydrogen (secondary N) is 2. The maximum atomic E-state index is 11.2. The smallest absolute Gasteiger partial charge is 0.209 e. The first-order valence-electron chi connectivity index (χ1n) is 5.87. The molecule has 8 heteroatoms. The molecular weight excluding hydrogens is 332 g/mol. The average Bonchev–Trinajstić information content (AvgIpc) is 2.22. The van der Waals surface area contributed by atoms with Gasteiger partial charge in [0.05, 0.1) is 6.26 Å². The van der Waals surface area contributed by atoms with Crippen LogP contribution in [0.5, 0.6) is 0 Å². The second-order valence-electron chi connectivity index (χ2n) is 4.96. The van der Waals surface area contributed by atoms with Gasteiger partial charge in [0.2, 0.25) is 10.0 Å². The van der Waals surface area contributed by atoms with Crippen LogP contribution in [-0.4, -0.2) is 36.7 Å². The third-order valence-electron chi connectivity index (χ3n) is 2.23. The van der Waals surface area contributed by atoms with Gasteiger partial charge in [0.25, 0.3) is 0 Å². The molecule has 0 aliphatic rings. The summed E-state index contributed by atoms with van der Waals surface area (Å²) in [6.45, 7) is 6.00. The Bertz CT molecular complexity index is 546. The van der Waals surface area contributed by atoms with E-state index in [9.17, 15) is 8.42 Å². The van der Waals surface area contributed by atoms with Gasteiger partial charge in [0.15, 0.2) is 0 Å². The van der Waals surface area contributed by atoms with Crippen molar-refractivity contribution in [1.82, 2.24) is 14.7 Å². The predicted molar refractivity (Wildman–Crippen MR) is 79.7 cm³/mol. The molecule has 0 radical (unpaired) electrons. The summed E-state index contributed by atoms with van der Waals surface area (Å²) >= 11 is 3.32. The van der Waals surface area contributed by atoms with Crippen LogP contribution in [-0.2, 0) is 16.4 Å². The number of hydrogen-bond donors (Lipinski definition) is 2. The van der Waals surface area contributed by atoms with Gasteiger partial charge in [-0.05, 0) is 29.8 Å². The number of halogens is 1. The molecule has 6 nitrogen and oxygen atoms in total. The van der Waals surface area contributed by atoms with Gasteiger partial charge in [-0.15, -0.1) is 0 Å². The Morgan fingerprint density at radius 3 is 2.53 bits per heavy atom. The zero-order valence-corrected chi connectivity index (χ0v) is 13.9. The first kappa shape index (κ1) is 16.3. The van der Waals surface area contributed by atoms with Crippen molar-refractivity contribution < 1.29 is 8.42 Å². The van der Waals surface area contributed by atoms with Crippen molar-refractivity contribution >= 4 is 31.8 Å². The van der Waals surface area contributed by atoms with Crippen LogP contribution in [0.2, 0.25) is 0 Å². The van der Waals surface area contributed by atoms with E-state index in [1.165, 1.54) is 0 Å². The lowest BCUT2D eigenvalue weighted by Crippen LogP contribution is -2.47. The quantitative estimate of drug-likeness (QED) is 0.760. The van der Waals surface area contributed by atoms with Crippen LogP contribution in [0.15, 0.2) is 10.7 Å². The maximum Gasteiger partial charge on any atom is 0.209 e. The third-order valence-corrected chi connectivity index (χ3v) is 3.56. The number of hydrogen-bond acceptors (Lipinski definition) is 5. The molecule has 2 N–H and O–H groups in total. The minimum Gasteiger partial charge on any atom is -0.368 e. The van der Waals surface area contributed by atoms with Crippen LogP contribution >= 0.6 is 15.9 Å². The highest BCUT2D eigenvalue weighted by Crippen LogP contribution is 2.14. The number of sulfonamides is 1. The van der Waals surface area contributed by atoms with Crippen molar-refractivity contribution in [2.45, 2.75) is 32.7 Å². The zero-order valence-electron chi connectivity index (χ0n) is 11.5. The molecule has 0 saturated heterocycles. The van der Waals surface area contributed by atoms with E-state index >= 15 is 0 Å². The lowest BCUT2D eigenvalue weighted by molar-refractivity contribution is 0.475. The Labute approximate surface area is 122 Å². The minimum absolute atomic E-state index is 0.423. The van der Waals surface area contributed by atoms with Gasteiger partial charge >= 0.3 is 0 Å². The number of aryl methyl sites for hydroxylation is 1. The molecule has 108 valence electrons. The summed E-state index contributed by atoms with van der Waals surface area (Å²) in [6.07, 6.45) is 1.88. The summed E-state index contributed by atoms with van der Waals surface area (Å²) in [4.78, 5) is 8.53. The number of anilines is 1. The highest BCUT2D eigenvalue weighted by atomic mass is 79.9. The summed E-state index contributed by atoms with van der Waals surface area (Å²) in [7, 11) is -3.24. The molecule has 0 spiro atoms. The van der Waals surface area contributed by atoms with Crippen LogP contribution in [0, 0.1) is 0 Å². The molecule has 19 heavy (non-hydrogen) atoms. The van der Waals surface area contributed by atoms with Gasteiger partial charge in [0.1, 0.15) is 16.2 Å². The molecule has 0 atom stereocenters. The maximum absolute atomic E-state index is 11.2. The molecule has 1 aromatic heterocycles. The topological polar surface area (TPSA) is 84.0 Å². The molecule has 0 unspecified atom stereocenters. The molecule has 0 saturated carbocycles. The molecule has 0 bridgehead atoms. The number of rotatable bonds is 6. The van der Waals surface area contributed by atoms with Crippen molar-refractivity contribution in [3.8, 4) is 0 Å². The minimum atomic E-state index is -3.24. The van der Waals surface area contributed by atoms with Crippen molar-refractivity contribution in [3.05, 3.63) is 16.5 Å². The largest absolute Gasteiger partial charge is 0.368 e. The van der Waals surface area contributed by atoms with E-state index in [0.29, 0.717) is 17.0 Å². The van der Waals surface area contributed by atoms with Crippen molar-refractivity contribution in [3.63, 3.8) is 0 Å². The second kappa shape index (κ2) is 6.15. The fourth-order valence-corrected chi connectivity index (χ4v) is 3.06. The van der Waals surface area contributed by atoms with Gasteiger partial charge in [-0.2, -0.15) is 0 Å². The Morgan fingerprint density at radius 2 is 2.00 bits per heavy atom. The van der Waals surface area contributed by atoms with Crippen LogP contribution < -0.4 is 10.0 Å². The summed E-state index contributed by atoms with van der Waals surface area (Å²) in [6, 6.07) is 1.76. The molecule has 1 rings (SSSR count). The van der Waals surface area contributed by atoms with Gasteiger partial charge < -0.3 is 5.32 Å². The summed E-state index contributed by atoms with van der Waals surface area (Å²) in [5.74, 6) is 1.40. The first-order valence-corrected chi connectivity index (χ1v) is 8.56. The van der Waals surface area contributed by atoms with Crippen LogP contribution in [0.4, 0.5) is 5.82 Å². The fraction of sp³-hybridized carbons (Fsp3) is 0.636. The summed E-state index contributed by atoms with van der Waals surface area (Å²) in [5.41, 5.74) is -0.600. The van der Waals surface area contributed by atoms with E-state index in [2.05, 4.69) is 35.9 Å². The molecule has 1 aromatic rings. The van der Waals surface area contributed by atoms with Crippen molar-refractivity contribution in [2.75, 3.05) is 18.1 Å². The van der Waals surface area contributed by atoms with Crippen LogP contribution in [0.3, 0.4) is 0 Å². The summed E-state index contributed by atoms with van der Waals surface area (Å²) < 4.78 is 25.7. The standard InChI is InChI=1S/C11H19BrN4O2S/c1-5-9-14-8(12)6-10(15-9)13-7-11(2,3)16-19(4,17)18/h6,16H,5,7H2,1-4H3,(H,13,14,15). The second-order valence-corrected chi connectivity index (χ2v) is 7.52.